The van der Waals surface area contributed by atoms with Gasteiger partial charge in [0.25, 0.3) is 0 Å². The SMILES string of the molecule is CC(C)(C)c1ccc(N2B3c4cc5c(cc4-n4c6ccc(C(C)(C)C)cc6c6c7c(c(c3c64)-c3cc4c(cc32)oc2ccc(C(C)(C)C)cc24)C(C)(C)c2ccccc2-7)oc2ccccc25)cc1. The van der Waals surface area contributed by atoms with Crippen LogP contribution in [0.4, 0.5) is 11.4 Å². The Balaban J connectivity index is 1.23. The summed E-state index contributed by atoms with van der Waals surface area (Å²) < 4.78 is 16.4. The molecule has 0 spiro atoms. The van der Waals surface area contributed by atoms with Crippen molar-refractivity contribution in [2.24, 2.45) is 0 Å². The second-order valence-electron chi connectivity index (χ2n) is 23.8. The molecule has 3 aliphatic rings. The van der Waals surface area contributed by atoms with Crippen LogP contribution in [0.5, 0.6) is 0 Å². The average Bonchev–Trinajstić information content (AvgIpc) is 4.02. The number of para-hydroxylation sites is 1. The molecule has 5 heteroatoms. The fraction of sp³-hybridized carbons (Fsp3) is 0.238. The third kappa shape index (κ3) is 5.12. The van der Waals surface area contributed by atoms with Crippen molar-refractivity contribution in [2.45, 2.75) is 97.8 Å². The van der Waals surface area contributed by atoms with Crippen molar-refractivity contribution in [1.82, 2.24) is 4.57 Å². The zero-order valence-corrected chi connectivity index (χ0v) is 41.0. The van der Waals surface area contributed by atoms with Crippen molar-refractivity contribution < 1.29 is 8.83 Å². The summed E-state index contributed by atoms with van der Waals surface area (Å²) in [6.07, 6.45) is 0. The molecule has 5 heterocycles. The first-order chi connectivity index (χ1) is 32.4. The van der Waals surface area contributed by atoms with E-state index in [9.17, 15) is 0 Å². The van der Waals surface area contributed by atoms with Gasteiger partial charge in [-0.3, -0.25) is 0 Å². The van der Waals surface area contributed by atoms with Gasteiger partial charge < -0.3 is 18.2 Å². The maximum Gasteiger partial charge on any atom is 0.333 e. The molecule has 0 fully saturated rings. The number of hydrogen-bond acceptors (Lipinski definition) is 3. The largest absolute Gasteiger partial charge is 0.456 e. The maximum atomic E-state index is 6.96. The van der Waals surface area contributed by atoms with Crippen LogP contribution in [-0.2, 0) is 21.7 Å². The predicted octanol–water partition coefficient (Wildman–Crippen LogP) is 16.0. The smallest absolute Gasteiger partial charge is 0.333 e. The van der Waals surface area contributed by atoms with E-state index in [0.29, 0.717) is 0 Å². The van der Waals surface area contributed by atoms with Crippen molar-refractivity contribution in [2.75, 3.05) is 4.81 Å². The van der Waals surface area contributed by atoms with Crippen molar-refractivity contribution >= 4 is 94.8 Å². The topological polar surface area (TPSA) is 34.5 Å². The number of hydrogen-bond donors (Lipinski definition) is 0. The fourth-order valence-electron chi connectivity index (χ4n) is 12.7. The number of nitrogens with zero attached hydrogens (tertiary/aromatic N) is 2. The summed E-state index contributed by atoms with van der Waals surface area (Å²) in [4.78, 5) is 2.66. The average molecular weight is 883 g/mol. The molecule has 68 heavy (non-hydrogen) atoms. The van der Waals surface area contributed by atoms with E-state index in [-0.39, 0.29) is 28.5 Å². The lowest BCUT2D eigenvalue weighted by molar-refractivity contribution is 0.590. The molecule has 0 saturated heterocycles. The van der Waals surface area contributed by atoms with E-state index in [1.807, 2.05) is 0 Å². The molecule has 14 rings (SSSR count). The van der Waals surface area contributed by atoms with E-state index in [1.54, 1.807) is 0 Å². The highest BCUT2D eigenvalue weighted by Crippen LogP contribution is 2.59. The summed E-state index contributed by atoms with van der Waals surface area (Å²) in [5.74, 6) is 0. The molecule has 8 aromatic carbocycles. The van der Waals surface area contributed by atoms with Crippen molar-refractivity contribution in [3.63, 3.8) is 0 Å². The minimum Gasteiger partial charge on any atom is -0.456 e. The van der Waals surface area contributed by atoms with Gasteiger partial charge in [0.2, 0.25) is 0 Å². The van der Waals surface area contributed by atoms with Crippen LogP contribution in [0, 0.1) is 0 Å². The molecular formula is C63H55BN2O2. The van der Waals surface area contributed by atoms with Crippen LogP contribution in [0.2, 0.25) is 0 Å². The monoisotopic (exact) mass is 882 g/mol. The zero-order valence-electron chi connectivity index (χ0n) is 41.0. The first-order valence-corrected chi connectivity index (χ1v) is 24.5. The molecule has 0 amide bonds. The number of benzene rings is 8. The Morgan fingerprint density at radius 2 is 1.07 bits per heavy atom. The second-order valence-corrected chi connectivity index (χ2v) is 23.8. The standard InChI is InChI=1S/C63H55BN2O2/c1-60(2,3)34-20-24-37(25-21-34)66-48-32-52-41(40-28-36(62(7,8)9)23-27-51(40)68-52)30-44(48)56-57-54(39-17-12-14-18-45(39)63(57,10)11)55-43-29-35(61(4,5)6)22-26-47(43)65-49-33-53-42(38-16-13-15-19-50(38)67-53)31-46(49)64(66)58(56)59(55)65/h12-33H,1-11H3. The molecule has 2 aliphatic heterocycles. The van der Waals surface area contributed by atoms with E-state index in [1.165, 1.54) is 82.8 Å². The van der Waals surface area contributed by atoms with Gasteiger partial charge in [0.1, 0.15) is 22.3 Å². The Kier molecular flexibility index (Phi) is 7.53. The summed E-state index contributed by atoms with van der Waals surface area (Å²) in [7, 11) is 0. The van der Waals surface area contributed by atoms with Crippen LogP contribution in [0.1, 0.15) is 104 Å². The molecular weight excluding hydrogens is 828 g/mol. The first kappa shape index (κ1) is 40.1. The first-order valence-electron chi connectivity index (χ1n) is 24.5. The van der Waals surface area contributed by atoms with E-state index >= 15 is 0 Å². The number of furan rings is 2. The number of rotatable bonds is 1. The Labute approximate surface area is 398 Å². The van der Waals surface area contributed by atoms with Gasteiger partial charge >= 0.3 is 6.85 Å². The minimum absolute atomic E-state index is 0.00279. The molecule has 332 valence electrons. The van der Waals surface area contributed by atoms with Crippen LogP contribution in [0.25, 0.3) is 93.6 Å². The Morgan fingerprint density at radius 1 is 0.485 bits per heavy atom. The minimum atomic E-state index is -0.307. The van der Waals surface area contributed by atoms with E-state index < -0.39 is 0 Å². The van der Waals surface area contributed by atoms with Crippen molar-refractivity contribution in [1.29, 1.82) is 0 Å². The van der Waals surface area contributed by atoms with Gasteiger partial charge in [0.15, 0.2) is 0 Å². The highest BCUT2D eigenvalue weighted by Gasteiger charge is 2.50. The molecule has 0 bridgehead atoms. The van der Waals surface area contributed by atoms with Gasteiger partial charge in [-0.2, -0.15) is 0 Å². The molecule has 11 aromatic rings. The molecule has 0 radical (unpaired) electrons. The summed E-state index contributed by atoms with van der Waals surface area (Å²) in [6.45, 7) is 25.6. The normalized spacial score (nSPS) is 15.0. The Morgan fingerprint density at radius 3 is 1.79 bits per heavy atom. The van der Waals surface area contributed by atoms with Gasteiger partial charge in [-0.15, -0.1) is 0 Å². The molecule has 0 unspecified atom stereocenters. The van der Waals surface area contributed by atoms with Crippen LogP contribution in [-0.4, -0.2) is 11.4 Å². The van der Waals surface area contributed by atoms with Gasteiger partial charge in [-0.1, -0.05) is 149 Å². The lowest BCUT2D eigenvalue weighted by atomic mass is 9.43. The van der Waals surface area contributed by atoms with Crippen LogP contribution in [0.15, 0.2) is 142 Å². The van der Waals surface area contributed by atoms with Crippen molar-refractivity contribution in [3.8, 4) is 27.9 Å². The highest BCUT2D eigenvalue weighted by atomic mass is 16.3. The zero-order chi connectivity index (χ0) is 46.7. The summed E-state index contributed by atoms with van der Waals surface area (Å²) >= 11 is 0. The summed E-state index contributed by atoms with van der Waals surface area (Å²) in [5, 5.41) is 7.23. The molecule has 1 aliphatic carbocycles. The van der Waals surface area contributed by atoms with Gasteiger partial charge in [0, 0.05) is 72.5 Å². The Hall–Kier alpha value is -6.98. The summed E-state index contributed by atoms with van der Waals surface area (Å²) in [6, 6.07) is 51.0. The third-order valence-corrected chi connectivity index (χ3v) is 16.2. The predicted molar refractivity (Wildman–Crippen MR) is 288 cm³/mol. The third-order valence-electron chi connectivity index (χ3n) is 16.2. The maximum absolute atomic E-state index is 6.96. The van der Waals surface area contributed by atoms with E-state index in [4.69, 9.17) is 8.83 Å². The van der Waals surface area contributed by atoms with Crippen LogP contribution in [0.3, 0.4) is 0 Å². The molecule has 3 aromatic heterocycles. The fourth-order valence-corrected chi connectivity index (χ4v) is 12.7. The van der Waals surface area contributed by atoms with Gasteiger partial charge in [-0.05, 0) is 120 Å². The number of fused-ring (bicyclic) bond motifs is 19. The molecule has 4 nitrogen and oxygen atoms in total. The number of aromatic nitrogens is 1. The lowest BCUT2D eigenvalue weighted by Gasteiger charge is -2.43. The second kappa shape index (κ2) is 12.8. The quantitative estimate of drug-likeness (QED) is 0.154. The van der Waals surface area contributed by atoms with E-state index in [2.05, 4.69) is 219 Å². The van der Waals surface area contributed by atoms with Gasteiger partial charge in [-0.25, -0.2) is 0 Å². The molecule has 0 atom stereocenters. The Bertz CT molecular complexity index is 4060. The van der Waals surface area contributed by atoms with Gasteiger partial charge in [0.05, 0.1) is 11.0 Å². The lowest BCUT2D eigenvalue weighted by Crippen LogP contribution is -2.61. The van der Waals surface area contributed by atoms with Crippen LogP contribution < -0.4 is 15.7 Å². The van der Waals surface area contributed by atoms with E-state index in [0.717, 1.165) is 60.9 Å². The molecule has 0 saturated carbocycles. The van der Waals surface area contributed by atoms with Crippen molar-refractivity contribution in [3.05, 3.63) is 161 Å². The highest BCUT2D eigenvalue weighted by molar-refractivity contribution is 6.94. The molecule has 0 N–H and O–H groups in total. The number of anilines is 2. The summed E-state index contributed by atoms with van der Waals surface area (Å²) in [5.41, 5.74) is 23.9. The van der Waals surface area contributed by atoms with Crippen LogP contribution >= 0.6 is 0 Å².